The van der Waals surface area contributed by atoms with Crippen molar-refractivity contribution in [2.45, 2.75) is 30.8 Å². The van der Waals surface area contributed by atoms with E-state index in [0.29, 0.717) is 47.3 Å². The molecule has 0 bridgehead atoms. The lowest BCUT2D eigenvalue weighted by atomic mass is 10.2. The predicted octanol–water partition coefficient (Wildman–Crippen LogP) is 2.91. The number of benzene rings is 1. The molecule has 0 spiro atoms. The molecule has 5 rings (SSSR count). The maximum Gasteiger partial charge on any atom is 0.261 e. The van der Waals surface area contributed by atoms with Gasteiger partial charge < -0.3 is 14.0 Å². The van der Waals surface area contributed by atoms with Crippen molar-refractivity contribution in [2.75, 3.05) is 13.2 Å². The summed E-state index contributed by atoms with van der Waals surface area (Å²) in [6, 6.07) is 7.85. The molecule has 4 heterocycles. The molecule has 1 aliphatic heterocycles. The van der Waals surface area contributed by atoms with Gasteiger partial charge in [-0.1, -0.05) is 17.8 Å². The Morgan fingerprint density at radius 2 is 2.03 bits per heavy atom. The fraction of sp³-hybridized carbons (Fsp3) is 0.300. The van der Waals surface area contributed by atoms with Crippen LogP contribution in [0.3, 0.4) is 0 Å². The maximum absolute atomic E-state index is 12.5. The van der Waals surface area contributed by atoms with Crippen LogP contribution in [-0.2, 0) is 12.3 Å². The molecule has 29 heavy (non-hydrogen) atoms. The molecule has 8 nitrogen and oxygen atoms in total. The van der Waals surface area contributed by atoms with Gasteiger partial charge in [-0.3, -0.25) is 4.79 Å². The minimum absolute atomic E-state index is 0.0729. The minimum Gasteiger partial charge on any atom is -0.490 e. The summed E-state index contributed by atoms with van der Waals surface area (Å²) >= 11 is 1.51. The molecule has 0 aliphatic carbocycles. The Morgan fingerprint density at radius 1 is 1.17 bits per heavy atom. The first-order chi connectivity index (χ1) is 14.2. The van der Waals surface area contributed by atoms with E-state index in [9.17, 15) is 4.79 Å². The van der Waals surface area contributed by atoms with Crippen LogP contribution in [0.1, 0.15) is 18.9 Å². The molecule has 0 unspecified atom stereocenters. The van der Waals surface area contributed by atoms with Crippen molar-refractivity contribution in [3.05, 3.63) is 52.6 Å². The SMILES string of the molecule is CCn1ccc2c(cnc3nc(SCc4ccc5c(c4)OCCCO5)nn32)c1=O. The van der Waals surface area contributed by atoms with Gasteiger partial charge in [0.05, 0.1) is 24.1 Å². The largest absolute Gasteiger partial charge is 0.490 e. The number of hydrogen-bond acceptors (Lipinski definition) is 7. The minimum atomic E-state index is -0.0729. The molecule has 1 aliphatic rings. The molecular formula is C20H19N5O3S. The highest BCUT2D eigenvalue weighted by Gasteiger charge is 2.13. The predicted molar refractivity (Wildman–Crippen MR) is 110 cm³/mol. The normalized spacial score (nSPS) is 13.7. The van der Waals surface area contributed by atoms with Gasteiger partial charge in [0, 0.05) is 31.1 Å². The van der Waals surface area contributed by atoms with Crippen molar-refractivity contribution in [3.63, 3.8) is 0 Å². The highest BCUT2D eigenvalue weighted by Crippen LogP contribution is 2.32. The monoisotopic (exact) mass is 409 g/mol. The quantitative estimate of drug-likeness (QED) is 0.479. The molecule has 1 aromatic carbocycles. The number of pyridine rings is 1. The van der Waals surface area contributed by atoms with Gasteiger partial charge in [0.2, 0.25) is 5.16 Å². The first-order valence-electron chi connectivity index (χ1n) is 9.49. The van der Waals surface area contributed by atoms with Crippen LogP contribution in [0.15, 0.2) is 46.6 Å². The number of ether oxygens (including phenoxy) is 2. The van der Waals surface area contributed by atoms with E-state index in [1.165, 1.54) is 11.8 Å². The summed E-state index contributed by atoms with van der Waals surface area (Å²) in [7, 11) is 0. The summed E-state index contributed by atoms with van der Waals surface area (Å²) < 4.78 is 14.7. The van der Waals surface area contributed by atoms with Gasteiger partial charge in [0.15, 0.2) is 11.5 Å². The molecule has 3 aromatic heterocycles. The van der Waals surface area contributed by atoms with E-state index in [4.69, 9.17) is 9.47 Å². The van der Waals surface area contributed by atoms with E-state index in [1.54, 1.807) is 21.5 Å². The van der Waals surface area contributed by atoms with Gasteiger partial charge in [0.1, 0.15) is 0 Å². The Bertz CT molecular complexity index is 1270. The van der Waals surface area contributed by atoms with E-state index in [0.717, 1.165) is 23.5 Å². The van der Waals surface area contributed by atoms with Gasteiger partial charge in [0.25, 0.3) is 11.3 Å². The average molecular weight is 409 g/mol. The molecule has 0 saturated heterocycles. The van der Waals surface area contributed by atoms with Gasteiger partial charge >= 0.3 is 0 Å². The summed E-state index contributed by atoms with van der Waals surface area (Å²) in [5.74, 6) is 2.74. The second kappa shape index (κ2) is 7.40. The van der Waals surface area contributed by atoms with E-state index in [1.807, 2.05) is 31.2 Å². The van der Waals surface area contributed by atoms with Crippen molar-refractivity contribution in [1.82, 2.24) is 24.1 Å². The zero-order valence-electron chi connectivity index (χ0n) is 15.9. The highest BCUT2D eigenvalue weighted by molar-refractivity contribution is 7.98. The Balaban J connectivity index is 1.43. The Morgan fingerprint density at radius 3 is 2.90 bits per heavy atom. The molecule has 0 N–H and O–H groups in total. The number of aromatic nitrogens is 5. The zero-order chi connectivity index (χ0) is 19.8. The van der Waals surface area contributed by atoms with E-state index in [-0.39, 0.29) is 5.56 Å². The summed E-state index contributed by atoms with van der Waals surface area (Å²) in [5.41, 5.74) is 1.73. The molecule has 148 valence electrons. The standard InChI is InChI=1S/C20H19N5O3S/c1-2-24-7-6-15-14(18(24)26)11-21-19-22-20(23-25(15)19)29-12-13-4-5-16-17(10-13)28-9-3-8-27-16/h4-7,10-11H,2-3,8-9,12H2,1H3. The van der Waals surface area contributed by atoms with Crippen molar-refractivity contribution in [3.8, 4) is 11.5 Å². The topological polar surface area (TPSA) is 83.5 Å². The zero-order valence-corrected chi connectivity index (χ0v) is 16.7. The van der Waals surface area contributed by atoms with Crippen LogP contribution in [-0.4, -0.2) is 37.4 Å². The summed E-state index contributed by atoms with van der Waals surface area (Å²) in [6.07, 6.45) is 4.23. The Kier molecular flexibility index (Phi) is 4.59. The van der Waals surface area contributed by atoms with Gasteiger partial charge in [-0.05, 0) is 30.7 Å². The van der Waals surface area contributed by atoms with Crippen LogP contribution in [0.4, 0.5) is 0 Å². The first-order valence-corrected chi connectivity index (χ1v) is 10.5. The second-order valence-corrected chi connectivity index (χ2v) is 7.63. The van der Waals surface area contributed by atoms with Crippen LogP contribution in [0, 0.1) is 0 Å². The summed E-state index contributed by atoms with van der Waals surface area (Å²) in [6.45, 7) is 3.89. The number of hydrogen-bond donors (Lipinski definition) is 0. The molecule has 0 atom stereocenters. The van der Waals surface area contributed by atoms with Crippen LogP contribution < -0.4 is 15.0 Å². The highest BCUT2D eigenvalue weighted by atomic mass is 32.2. The molecule has 9 heteroatoms. The van der Waals surface area contributed by atoms with E-state index < -0.39 is 0 Å². The van der Waals surface area contributed by atoms with E-state index in [2.05, 4.69) is 15.1 Å². The fourth-order valence-corrected chi connectivity index (χ4v) is 4.06. The lowest BCUT2D eigenvalue weighted by Gasteiger charge is -2.08. The fourth-order valence-electron chi connectivity index (χ4n) is 3.30. The lowest BCUT2D eigenvalue weighted by molar-refractivity contribution is 0.297. The maximum atomic E-state index is 12.5. The number of fused-ring (bicyclic) bond motifs is 4. The average Bonchev–Trinajstić information content (AvgIpc) is 3.02. The van der Waals surface area contributed by atoms with Crippen molar-refractivity contribution in [1.29, 1.82) is 0 Å². The van der Waals surface area contributed by atoms with Crippen molar-refractivity contribution in [2.24, 2.45) is 0 Å². The second-order valence-electron chi connectivity index (χ2n) is 6.69. The number of thioether (sulfide) groups is 1. The Labute approximate surface area is 170 Å². The van der Waals surface area contributed by atoms with Gasteiger partial charge in [-0.25, -0.2) is 4.98 Å². The third-order valence-electron chi connectivity index (χ3n) is 4.81. The van der Waals surface area contributed by atoms with Crippen LogP contribution in [0.25, 0.3) is 16.7 Å². The number of rotatable bonds is 4. The van der Waals surface area contributed by atoms with Crippen LogP contribution in [0.5, 0.6) is 11.5 Å². The number of aryl methyl sites for hydroxylation is 1. The van der Waals surface area contributed by atoms with Crippen molar-refractivity contribution >= 4 is 28.4 Å². The third kappa shape index (κ3) is 3.31. The molecule has 0 amide bonds. The first kappa shape index (κ1) is 18.0. The molecule has 4 aromatic rings. The smallest absolute Gasteiger partial charge is 0.261 e. The Hall–Kier alpha value is -3.07. The molecule has 0 fully saturated rings. The third-order valence-corrected chi connectivity index (χ3v) is 5.72. The molecular weight excluding hydrogens is 390 g/mol. The van der Waals surface area contributed by atoms with E-state index >= 15 is 0 Å². The number of nitrogens with zero attached hydrogens (tertiary/aromatic N) is 5. The summed E-state index contributed by atoms with van der Waals surface area (Å²) in [4.78, 5) is 21.3. The summed E-state index contributed by atoms with van der Waals surface area (Å²) in [5, 5.41) is 5.70. The molecule has 0 saturated carbocycles. The van der Waals surface area contributed by atoms with Gasteiger partial charge in [-0.2, -0.15) is 9.50 Å². The van der Waals surface area contributed by atoms with Crippen LogP contribution >= 0.6 is 11.8 Å². The van der Waals surface area contributed by atoms with Crippen LogP contribution in [0.2, 0.25) is 0 Å². The molecule has 0 radical (unpaired) electrons. The van der Waals surface area contributed by atoms with Crippen molar-refractivity contribution < 1.29 is 9.47 Å². The lowest BCUT2D eigenvalue weighted by Crippen LogP contribution is -2.19. The van der Waals surface area contributed by atoms with Gasteiger partial charge in [-0.15, -0.1) is 5.10 Å².